The van der Waals surface area contributed by atoms with Crippen molar-refractivity contribution in [3.05, 3.63) is 0 Å². The Morgan fingerprint density at radius 2 is 2.19 bits per heavy atom. The fourth-order valence-electron chi connectivity index (χ4n) is 1.75. The average molecular weight is 244 g/mol. The zero-order valence-electron chi connectivity index (χ0n) is 10.7. The highest BCUT2D eigenvalue weighted by atomic mass is 32.2. The molecule has 0 unspecified atom stereocenters. The number of nitrogens with zero attached hydrogens (tertiary/aromatic N) is 1. The molecule has 0 aromatic heterocycles. The van der Waals surface area contributed by atoms with Gasteiger partial charge in [0.1, 0.15) is 0 Å². The van der Waals surface area contributed by atoms with Gasteiger partial charge in [-0.15, -0.1) is 0 Å². The van der Waals surface area contributed by atoms with Crippen LogP contribution in [-0.4, -0.2) is 47.5 Å². The SMILES string of the molecule is CCCNCC(=O)N1CCSC(C)(C)CC1. The molecule has 0 radical (unpaired) electrons. The Kier molecular flexibility index (Phi) is 5.62. The van der Waals surface area contributed by atoms with Crippen LogP contribution in [0.2, 0.25) is 0 Å². The summed E-state index contributed by atoms with van der Waals surface area (Å²) < 4.78 is 0.325. The molecule has 1 N–H and O–H groups in total. The van der Waals surface area contributed by atoms with Crippen LogP contribution in [0.25, 0.3) is 0 Å². The highest BCUT2D eigenvalue weighted by Crippen LogP contribution is 2.30. The first-order chi connectivity index (χ1) is 7.55. The van der Waals surface area contributed by atoms with Crippen molar-refractivity contribution in [2.45, 2.75) is 38.4 Å². The van der Waals surface area contributed by atoms with Crippen LogP contribution < -0.4 is 5.32 Å². The van der Waals surface area contributed by atoms with E-state index in [0.29, 0.717) is 11.3 Å². The predicted octanol–water partition coefficient (Wildman–Crippen LogP) is 1.73. The summed E-state index contributed by atoms with van der Waals surface area (Å²) in [4.78, 5) is 13.9. The van der Waals surface area contributed by atoms with Crippen LogP contribution in [0.4, 0.5) is 0 Å². The van der Waals surface area contributed by atoms with Gasteiger partial charge in [-0.05, 0) is 19.4 Å². The maximum Gasteiger partial charge on any atom is 0.236 e. The third-order valence-electron chi connectivity index (χ3n) is 2.89. The van der Waals surface area contributed by atoms with E-state index >= 15 is 0 Å². The van der Waals surface area contributed by atoms with E-state index < -0.39 is 0 Å². The van der Waals surface area contributed by atoms with E-state index in [1.807, 2.05) is 16.7 Å². The first-order valence-corrected chi connectivity index (χ1v) is 7.16. The molecule has 94 valence electrons. The summed E-state index contributed by atoms with van der Waals surface area (Å²) >= 11 is 1.98. The van der Waals surface area contributed by atoms with Crippen LogP contribution in [0.5, 0.6) is 0 Å². The standard InChI is InChI=1S/C12H24N2OS/c1-4-6-13-10-11(15)14-7-5-12(2,3)16-9-8-14/h13H,4-10H2,1-3H3. The molecular formula is C12H24N2OS. The van der Waals surface area contributed by atoms with Gasteiger partial charge in [0.25, 0.3) is 0 Å². The van der Waals surface area contributed by atoms with E-state index in [0.717, 1.165) is 38.2 Å². The normalized spacial score (nSPS) is 20.6. The summed E-state index contributed by atoms with van der Waals surface area (Å²) in [7, 11) is 0. The number of carbonyl (C=O) groups is 1. The molecule has 0 aromatic carbocycles. The quantitative estimate of drug-likeness (QED) is 0.764. The lowest BCUT2D eigenvalue weighted by molar-refractivity contribution is -0.130. The zero-order valence-corrected chi connectivity index (χ0v) is 11.5. The lowest BCUT2D eigenvalue weighted by atomic mass is 10.1. The van der Waals surface area contributed by atoms with Crippen molar-refractivity contribution in [1.29, 1.82) is 0 Å². The van der Waals surface area contributed by atoms with Crippen LogP contribution in [0, 0.1) is 0 Å². The smallest absolute Gasteiger partial charge is 0.236 e. The van der Waals surface area contributed by atoms with Crippen molar-refractivity contribution in [3.63, 3.8) is 0 Å². The lowest BCUT2D eigenvalue weighted by Crippen LogP contribution is -2.39. The summed E-state index contributed by atoms with van der Waals surface area (Å²) in [5.74, 6) is 1.32. The molecule has 1 fully saturated rings. The van der Waals surface area contributed by atoms with E-state index in [2.05, 4.69) is 26.1 Å². The lowest BCUT2D eigenvalue weighted by Gasteiger charge is -2.22. The van der Waals surface area contributed by atoms with Gasteiger partial charge in [0.2, 0.25) is 5.91 Å². The molecule has 3 nitrogen and oxygen atoms in total. The van der Waals surface area contributed by atoms with Crippen LogP contribution in [0.1, 0.15) is 33.6 Å². The Balaban J connectivity index is 2.33. The minimum atomic E-state index is 0.256. The second-order valence-corrected chi connectivity index (χ2v) is 6.72. The van der Waals surface area contributed by atoms with Crippen molar-refractivity contribution in [2.75, 3.05) is 31.9 Å². The third-order valence-corrected chi connectivity index (χ3v) is 4.27. The fraction of sp³-hybridized carbons (Fsp3) is 0.917. The van der Waals surface area contributed by atoms with Crippen LogP contribution >= 0.6 is 11.8 Å². The number of nitrogens with one attached hydrogen (secondary N) is 1. The Morgan fingerprint density at radius 3 is 2.88 bits per heavy atom. The van der Waals surface area contributed by atoms with Crippen molar-refractivity contribution < 1.29 is 4.79 Å². The molecule has 0 atom stereocenters. The highest BCUT2D eigenvalue weighted by molar-refractivity contribution is 8.00. The van der Waals surface area contributed by atoms with Gasteiger partial charge in [-0.2, -0.15) is 11.8 Å². The summed E-state index contributed by atoms with van der Waals surface area (Å²) in [5.41, 5.74) is 0. The number of thioether (sulfide) groups is 1. The molecule has 0 saturated carbocycles. The van der Waals surface area contributed by atoms with Gasteiger partial charge in [-0.25, -0.2) is 0 Å². The monoisotopic (exact) mass is 244 g/mol. The molecule has 1 amide bonds. The van der Waals surface area contributed by atoms with E-state index in [9.17, 15) is 4.79 Å². The van der Waals surface area contributed by atoms with Gasteiger partial charge in [0.05, 0.1) is 6.54 Å². The Morgan fingerprint density at radius 1 is 1.44 bits per heavy atom. The Labute approximate surface area is 103 Å². The average Bonchev–Trinajstić information content (AvgIpc) is 2.39. The molecule has 16 heavy (non-hydrogen) atoms. The first-order valence-electron chi connectivity index (χ1n) is 6.17. The second kappa shape index (κ2) is 6.50. The van der Waals surface area contributed by atoms with Crippen molar-refractivity contribution in [1.82, 2.24) is 10.2 Å². The number of carbonyl (C=O) groups excluding carboxylic acids is 1. The molecule has 1 aliphatic heterocycles. The number of rotatable bonds is 4. The second-order valence-electron chi connectivity index (χ2n) is 4.92. The molecule has 0 spiro atoms. The summed E-state index contributed by atoms with van der Waals surface area (Å²) in [6.45, 7) is 9.89. The molecular weight excluding hydrogens is 220 g/mol. The van der Waals surface area contributed by atoms with Gasteiger partial charge in [-0.3, -0.25) is 4.79 Å². The maximum absolute atomic E-state index is 11.9. The van der Waals surface area contributed by atoms with Crippen molar-refractivity contribution in [3.8, 4) is 0 Å². The van der Waals surface area contributed by atoms with E-state index in [1.165, 1.54) is 0 Å². The summed E-state index contributed by atoms with van der Waals surface area (Å²) in [5, 5.41) is 3.18. The van der Waals surface area contributed by atoms with Gasteiger partial charge >= 0.3 is 0 Å². The van der Waals surface area contributed by atoms with E-state index in [-0.39, 0.29) is 5.91 Å². The fourth-order valence-corrected chi connectivity index (χ4v) is 2.85. The molecule has 1 rings (SSSR count). The topological polar surface area (TPSA) is 32.3 Å². The van der Waals surface area contributed by atoms with Crippen LogP contribution in [0.15, 0.2) is 0 Å². The molecule has 1 heterocycles. The maximum atomic E-state index is 11.9. The number of amides is 1. The molecule has 0 bridgehead atoms. The molecule has 0 aromatic rings. The molecule has 1 saturated heterocycles. The minimum Gasteiger partial charge on any atom is -0.341 e. The van der Waals surface area contributed by atoms with Crippen LogP contribution in [0.3, 0.4) is 0 Å². The number of hydrogen-bond acceptors (Lipinski definition) is 3. The van der Waals surface area contributed by atoms with Gasteiger partial charge < -0.3 is 10.2 Å². The van der Waals surface area contributed by atoms with Gasteiger partial charge in [-0.1, -0.05) is 20.8 Å². The van der Waals surface area contributed by atoms with Crippen molar-refractivity contribution >= 4 is 17.7 Å². The third kappa shape index (κ3) is 4.74. The summed E-state index contributed by atoms with van der Waals surface area (Å²) in [6.07, 6.45) is 2.17. The van der Waals surface area contributed by atoms with Crippen LogP contribution in [-0.2, 0) is 4.79 Å². The zero-order chi connectivity index (χ0) is 12.0. The largest absolute Gasteiger partial charge is 0.341 e. The van der Waals surface area contributed by atoms with Gasteiger partial charge in [0.15, 0.2) is 0 Å². The minimum absolute atomic E-state index is 0.256. The predicted molar refractivity (Wildman–Crippen MR) is 70.9 cm³/mol. The first kappa shape index (κ1) is 13.8. The van der Waals surface area contributed by atoms with E-state index in [1.54, 1.807) is 0 Å². The van der Waals surface area contributed by atoms with E-state index in [4.69, 9.17) is 0 Å². The van der Waals surface area contributed by atoms with Crippen molar-refractivity contribution in [2.24, 2.45) is 0 Å². The molecule has 4 heteroatoms. The number of hydrogen-bond donors (Lipinski definition) is 1. The Bertz CT molecular complexity index is 231. The molecule has 0 aliphatic carbocycles. The highest BCUT2D eigenvalue weighted by Gasteiger charge is 2.25. The Hall–Kier alpha value is -0.220. The van der Waals surface area contributed by atoms with Gasteiger partial charge in [0, 0.05) is 23.6 Å². The summed E-state index contributed by atoms with van der Waals surface area (Å²) in [6, 6.07) is 0. The molecule has 1 aliphatic rings.